The molecule has 1 amide bonds. The number of benzene rings is 2. The van der Waals surface area contributed by atoms with Crippen molar-refractivity contribution in [1.82, 2.24) is 4.57 Å². The van der Waals surface area contributed by atoms with Crippen LogP contribution in [0, 0.1) is 10.1 Å². The van der Waals surface area contributed by atoms with Crippen molar-refractivity contribution in [1.29, 1.82) is 0 Å². The van der Waals surface area contributed by atoms with Gasteiger partial charge in [-0.2, -0.15) is 0 Å². The van der Waals surface area contributed by atoms with Crippen LogP contribution in [0.5, 0.6) is 11.5 Å². The van der Waals surface area contributed by atoms with E-state index in [0.717, 1.165) is 0 Å². The van der Waals surface area contributed by atoms with Gasteiger partial charge >= 0.3 is 0 Å². The van der Waals surface area contributed by atoms with E-state index in [2.05, 4.69) is 5.32 Å². The molecule has 0 bridgehead atoms. The third-order valence-electron chi connectivity index (χ3n) is 4.54. The molecule has 0 aliphatic rings. The Morgan fingerprint density at radius 3 is 2.45 bits per heavy atom. The first-order valence-corrected chi connectivity index (χ1v) is 8.68. The van der Waals surface area contributed by atoms with E-state index in [9.17, 15) is 19.7 Å². The minimum atomic E-state index is -0.860. The van der Waals surface area contributed by atoms with E-state index in [4.69, 9.17) is 9.47 Å². The lowest BCUT2D eigenvalue weighted by Crippen LogP contribution is -2.31. The number of anilines is 1. The smallest absolute Gasteiger partial charge is 0.270 e. The Kier molecular flexibility index (Phi) is 5.49. The molecule has 1 aromatic heterocycles. The van der Waals surface area contributed by atoms with Gasteiger partial charge in [0, 0.05) is 35.3 Å². The Labute approximate surface area is 165 Å². The van der Waals surface area contributed by atoms with Crippen molar-refractivity contribution in [3.8, 4) is 11.5 Å². The van der Waals surface area contributed by atoms with Gasteiger partial charge in [-0.25, -0.2) is 0 Å². The van der Waals surface area contributed by atoms with Crippen molar-refractivity contribution in [2.75, 3.05) is 19.5 Å². The summed E-state index contributed by atoms with van der Waals surface area (Å²) in [5.41, 5.74) is 0.424. The molecule has 0 radical (unpaired) electrons. The number of fused-ring (bicyclic) bond motifs is 1. The molecule has 29 heavy (non-hydrogen) atoms. The average Bonchev–Trinajstić information content (AvgIpc) is 2.72. The Bertz CT molecular complexity index is 1150. The molecule has 150 valence electrons. The fraction of sp³-hybridized carbons (Fsp3) is 0.200. The third kappa shape index (κ3) is 3.88. The second-order valence-corrected chi connectivity index (χ2v) is 6.28. The van der Waals surface area contributed by atoms with Gasteiger partial charge in [-0.05, 0) is 31.2 Å². The summed E-state index contributed by atoms with van der Waals surface area (Å²) >= 11 is 0. The number of rotatable bonds is 6. The number of nitro groups is 1. The number of non-ortho nitro benzene ring substituents is 1. The van der Waals surface area contributed by atoms with E-state index in [-0.39, 0.29) is 11.2 Å². The number of nitrogens with one attached hydrogen (secondary N) is 1. The molecule has 0 aliphatic heterocycles. The third-order valence-corrected chi connectivity index (χ3v) is 4.54. The number of carbonyl (C=O) groups excluding carboxylic acids is 1. The largest absolute Gasteiger partial charge is 0.493 e. The summed E-state index contributed by atoms with van der Waals surface area (Å²) in [6, 6.07) is 11.0. The molecular formula is C20H19N3O6. The van der Waals surface area contributed by atoms with Gasteiger partial charge in [0.05, 0.1) is 24.7 Å². The highest BCUT2D eigenvalue weighted by atomic mass is 16.6. The zero-order valence-corrected chi connectivity index (χ0v) is 16.0. The number of methoxy groups -OCH3 is 2. The Hall–Kier alpha value is -3.88. The van der Waals surface area contributed by atoms with Crippen molar-refractivity contribution in [2.24, 2.45) is 0 Å². The van der Waals surface area contributed by atoms with Crippen molar-refractivity contribution >= 4 is 28.2 Å². The van der Waals surface area contributed by atoms with E-state index in [0.29, 0.717) is 28.1 Å². The van der Waals surface area contributed by atoms with Crippen LogP contribution >= 0.6 is 0 Å². The Balaban J connectivity index is 1.95. The maximum atomic E-state index is 12.8. The van der Waals surface area contributed by atoms with Crippen LogP contribution in [0.25, 0.3) is 10.9 Å². The molecule has 9 heteroatoms. The van der Waals surface area contributed by atoms with Crippen molar-refractivity contribution < 1.29 is 19.2 Å². The SMILES string of the molecule is COc1ccc(NC(=O)C(C)n2c(=O)ccc3cc([N+](=O)[O-])ccc32)cc1OC. The molecule has 1 unspecified atom stereocenters. The highest BCUT2D eigenvalue weighted by molar-refractivity contribution is 5.95. The molecule has 0 fully saturated rings. The van der Waals surface area contributed by atoms with E-state index >= 15 is 0 Å². The lowest BCUT2D eigenvalue weighted by atomic mass is 10.1. The molecule has 0 spiro atoms. The van der Waals surface area contributed by atoms with Crippen molar-refractivity contribution in [3.63, 3.8) is 0 Å². The number of carbonyl (C=O) groups is 1. The van der Waals surface area contributed by atoms with Gasteiger partial charge in [0.1, 0.15) is 6.04 Å². The second-order valence-electron chi connectivity index (χ2n) is 6.28. The normalized spacial score (nSPS) is 11.7. The molecular weight excluding hydrogens is 378 g/mol. The van der Waals surface area contributed by atoms with E-state index in [1.807, 2.05) is 0 Å². The van der Waals surface area contributed by atoms with Crippen LogP contribution < -0.4 is 20.3 Å². The summed E-state index contributed by atoms with van der Waals surface area (Å²) in [4.78, 5) is 35.7. The van der Waals surface area contributed by atoms with Gasteiger partial charge in [-0.1, -0.05) is 0 Å². The molecule has 1 atom stereocenters. The maximum Gasteiger partial charge on any atom is 0.270 e. The monoisotopic (exact) mass is 397 g/mol. The topological polar surface area (TPSA) is 113 Å². The van der Waals surface area contributed by atoms with Gasteiger partial charge in [0.25, 0.3) is 11.2 Å². The number of hydrogen-bond acceptors (Lipinski definition) is 6. The molecule has 1 N–H and O–H groups in total. The number of amides is 1. The quantitative estimate of drug-likeness (QED) is 0.505. The highest BCUT2D eigenvalue weighted by Gasteiger charge is 2.20. The number of nitrogens with zero attached hydrogens (tertiary/aromatic N) is 2. The fourth-order valence-electron chi connectivity index (χ4n) is 3.05. The van der Waals surface area contributed by atoms with Crippen LogP contribution in [0.3, 0.4) is 0 Å². The zero-order chi connectivity index (χ0) is 21.1. The Morgan fingerprint density at radius 2 is 1.79 bits per heavy atom. The highest BCUT2D eigenvalue weighted by Crippen LogP contribution is 2.30. The van der Waals surface area contributed by atoms with Crippen molar-refractivity contribution in [3.05, 3.63) is 69.0 Å². The average molecular weight is 397 g/mol. The summed E-state index contributed by atoms with van der Waals surface area (Å²) in [5, 5.41) is 14.2. The molecule has 3 rings (SSSR count). The first kappa shape index (κ1) is 19.9. The van der Waals surface area contributed by atoms with Gasteiger partial charge in [-0.3, -0.25) is 24.3 Å². The fourth-order valence-corrected chi connectivity index (χ4v) is 3.05. The number of nitro benzene ring substituents is 1. The molecule has 3 aromatic rings. The zero-order valence-electron chi connectivity index (χ0n) is 16.0. The van der Waals surface area contributed by atoms with Crippen LogP contribution in [0.1, 0.15) is 13.0 Å². The lowest BCUT2D eigenvalue weighted by molar-refractivity contribution is -0.384. The molecule has 0 aliphatic carbocycles. The van der Waals surface area contributed by atoms with E-state index in [1.54, 1.807) is 25.1 Å². The maximum absolute atomic E-state index is 12.8. The number of aromatic nitrogens is 1. The molecule has 2 aromatic carbocycles. The minimum Gasteiger partial charge on any atom is -0.493 e. The lowest BCUT2D eigenvalue weighted by Gasteiger charge is -2.18. The summed E-state index contributed by atoms with van der Waals surface area (Å²) < 4.78 is 11.7. The van der Waals surface area contributed by atoms with Gasteiger partial charge in [0.2, 0.25) is 5.91 Å². The summed E-state index contributed by atoms with van der Waals surface area (Å²) in [6.45, 7) is 1.58. The second kappa shape index (κ2) is 8.01. The minimum absolute atomic E-state index is 0.0925. The van der Waals surface area contributed by atoms with E-state index in [1.165, 1.54) is 49.1 Å². The molecule has 0 saturated heterocycles. The van der Waals surface area contributed by atoms with Crippen LogP contribution in [-0.2, 0) is 4.79 Å². The van der Waals surface area contributed by atoms with Crippen LogP contribution in [0.2, 0.25) is 0 Å². The van der Waals surface area contributed by atoms with Crippen LogP contribution in [0.4, 0.5) is 11.4 Å². The van der Waals surface area contributed by atoms with E-state index < -0.39 is 16.9 Å². The molecule has 0 saturated carbocycles. The van der Waals surface area contributed by atoms with Crippen molar-refractivity contribution in [2.45, 2.75) is 13.0 Å². The molecule has 9 nitrogen and oxygen atoms in total. The summed E-state index contributed by atoms with van der Waals surface area (Å²) in [6.07, 6.45) is 0. The van der Waals surface area contributed by atoms with Crippen LogP contribution in [-0.4, -0.2) is 29.6 Å². The number of ether oxygens (including phenoxy) is 2. The first-order valence-electron chi connectivity index (χ1n) is 8.68. The summed E-state index contributed by atoms with van der Waals surface area (Å²) in [7, 11) is 3.00. The Morgan fingerprint density at radius 1 is 1.07 bits per heavy atom. The number of pyridine rings is 1. The first-order chi connectivity index (χ1) is 13.8. The standard InChI is InChI=1S/C20H19N3O6/c1-12(20(25)21-14-5-8-17(28-2)18(11-14)29-3)22-16-7-6-15(23(26)27)10-13(16)4-9-19(22)24/h4-12H,1-3H3,(H,21,25). The predicted molar refractivity (Wildman–Crippen MR) is 108 cm³/mol. The predicted octanol–water partition coefficient (Wildman–Crippen LogP) is 3.13. The van der Waals surface area contributed by atoms with Gasteiger partial charge < -0.3 is 14.8 Å². The summed E-state index contributed by atoms with van der Waals surface area (Å²) in [5.74, 6) is 0.545. The van der Waals surface area contributed by atoms with Crippen LogP contribution in [0.15, 0.2) is 53.3 Å². The number of hydrogen-bond donors (Lipinski definition) is 1. The molecule has 1 heterocycles. The van der Waals surface area contributed by atoms with Gasteiger partial charge in [-0.15, -0.1) is 0 Å². The van der Waals surface area contributed by atoms with Gasteiger partial charge in [0.15, 0.2) is 11.5 Å².